The van der Waals surface area contributed by atoms with Crippen molar-refractivity contribution in [1.82, 2.24) is 15.1 Å². The second-order valence-corrected chi connectivity index (χ2v) is 6.24. The zero-order valence-electron chi connectivity index (χ0n) is 12.2. The van der Waals surface area contributed by atoms with Crippen LogP contribution in [-0.4, -0.2) is 30.0 Å². The lowest BCUT2D eigenvalue weighted by molar-refractivity contribution is 0.182. The third kappa shape index (κ3) is 3.20. The van der Waals surface area contributed by atoms with E-state index in [4.69, 9.17) is 4.74 Å². The second kappa shape index (κ2) is 6.73. The molecule has 112 valence electrons. The number of methoxy groups -OCH3 is 1. The first-order valence-corrected chi connectivity index (χ1v) is 8.06. The first kappa shape index (κ1) is 14.8. The second-order valence-electron chi connectivity index (χ2n) is 5.39. The molecule has 2 aromatic rings. The summed E-state index contributed by atoms with van der Waals surface area (Å²) in [5.41, 5.74) is 4.12. The topological polar surface area (TPSA) is 39.1 Å². The molecule has 0 fully saturated rings. The Morgan fingerprint density at radius 1 is 1.43 bits per heavy atom. The van der Waals surface area contributed by atoms with Gasteiger partial charge < -0.3 is 10.1 Å². The maximum atomic E-state index is 5.17. The molecule has 3 rings (SSSR count). The standard InChI is InChI=1S/C16H20BrN3O/c1-21-7-6-20-16(15(17)11-19-20)8-13-10-18-9-12-4-2-3-5-14(12)13/h2-5,11,13,18H,6-10H2,1H3. The molecular formula is C16H20BrN3O. The Morgan fingerprint density at radius 2 is 2.29 bits per heavy atom. The highest BCUT2D eigenvalue weighted by Crippen LogP contribution is 2.29. The smallest absolute Gasteiger partial charge is 0.0658 e. The molecule has 0 radical (unpaired) electrons. The van der Waals surface area contributed by atoms with Gasteiger partial charge in [0.05, 0.1) is 29.5 Å². The zero-order chi connectivity index (χ0) is 14.7. The molecule has 0 bridgehead atoms. The van der Waals surface area contributed by atoms with E-state index in [-0.39, 0.29) is 0 Å². The van der Waals surface area contributed by atoms with Gasteiger partial charge >= 0.3 is 0 Å². The fourth-order valence-electron chi connectivity index (χ4n) is 2.96. The van der Waals surface area contributed by atoms with Crippen LogP contribution >= 0.6 is 15.9 Å². The molecule has 4 nitrogen and oxygen atoms in total. The average Bonchev–Trinajstić information content (AvgIpc) is 2.86. The SMILES string of the molecule is COCCn1ncc(Br)c1CC1CNCc2ccccc21. The van der Waals surface area contributed by atoms with E-state index >= 15 is 0 Å². The highest BCUT2D eigenvalue weighted by molar-refractivity contribution is 9.10. The summed E-state index contributed by atoms with van der Waals surface area (Å²) in [6, 6.07) is 8.71. The van der Waals surface area contributed by atoms with Gasteiger partial charge in [0.2, 0.25) is 0 Å². The van der Waals surface area contributed by atoms with E-state index in [2.05, 4.69) is 50.6 Å². The molecule has 0 saturated carbocycles. The number of nitrogens with one attached hydrogen (secondary N) is 1. The lowest BCUT2D eigenvalue weighted by atomic mass is 9.87. The molecule has 1 aliphatic rings. The summed E-state index contributed by atoms with van der Waals surface area (Å²) in [6.07, 6.45) is 2.86. The number of hydrogen-bond acceptors (Lipinski definition) is 3. The largest absolute Gasteiger partial charge is 0.383 e. The Hall–Kier alpha value is -1.17. The van der Waals surface area contributed by atoms with Crippen molar-refractivity contribution in [2.45, 2.75) is 25.4 Å². The molecule has 0 aliphatic carbocycles. The van der Waals surface area contributed by atoms with Crippen LogP contribution in [0.3, 0.4) is 0 Å². The lowest BCUT2D eigenvalue weighted by Crippen LogP contribution is -2.30. The number of rotatable bonds is 5. The number of benzene rings is 1. The number of nitrogens with zero attached hydrogens (tertiary/aromatic N) is 2. The Kier molecular flexibility index (Phi) is 4.73. The highest BCUT2D eigenvalue weighted by atomic mass is 79.9. The predicted molar refractivity (Wildman–Crippen MR) is 86.4 cm³/mol. The molecule has 2 heterocycles. The van der Waals surface area contributed by atoms with Gasteiger partial charge in [-0.25, -0.2) is 0 Å². The number of halogens is 1. The average molecular weight is 350 g/mol. The Balaban J connectivity index is 1.83. The molecule has 1 aliphatic heterocycles. The molecule has 21 heavy (non-hydrogen) atoms. The van der Waals surface area contributed by atoms with Gasteiger partial charge in [0, 0.05) is 26.1 Å². The quantitative estimate of drug-likeness (QED) is 0.901. The highest BCUT2D eigenvalue weighted by Gasteiger charge is 2.22. The van der Waals surface area contributed by atoms with Crippen LogP contribution in [0.1, 0.15) is 22.7 Å². The first-order chi connectivity index (χ1) is 10.3. The maximum Gasteiger partial charge on any atom is 0.0658 e. The monoisotopic (exact) mass is 349 g/mol. The van der Waals surface area contributed by atoms with E-state index in [1.807, 2.05) is 10.9 Å². The fourth-order valence-corrected chi connectivity index (χ4v) is 3.42. The summed E-state index contributed by atoms with van der Waals surface area (Å²) >= 11 is 3.63. The predicted octanol–water partition coefficient (Wildman–Crippen LogP) is 2.72. The van der Waals surface area contributed by atoms with E-state index in [0.29, 0.717) is 12.5 Å². The molecule has 1 unspecified atom stereocenters. The summed E-state index contributed by atoms with van der Waals surface area (Å²) in [6.45, 7) is 3.45. The normalized spacial score (nSPS) is 17.7. The van der Waals surface area contributed by atoms with Crippen molar-refractivity contribution in [3.63, 3.8) is 0 Å². The van der Waals surface area contributed by atoms with Crippen LogP contribution in [0, 0.1) is 0 Å². The van der Waals surface area contributed by atoms with Gasteiger partial charge in [-0.1, -0.05) is 24.3 Å². The number of ether oxygens (including phenoxy) is 1. The number of hydrogen-bond donors (Lipinski definition) is 1. The van der Waals surface area contributed by atoms with E-state index in [9.17, 15) is 0 Å². The molecule has 0 amide bonds. The Labute approximate surface area is 133 Å². The van der Waals surface area contributed by atoms with Crippen molar-refractivity contribution in [3.8, 4) is 0 Å². The lowest BCUT2D eigenvalue weighted by Gasteiger charge is -2.26. The van der Waals surface area contributed by atoms with Crippen molar-refractivity contribution < 1.29 is 4.74 Å². The van der Waals surface area contributed by atoms with Crippen LogP contribution in [0.5, 0.6) is 0 Å². The van der Waals surface area contributed by atoms with Gasteiger partial charge in [0.25, 0.3) is 0 Å². The minimum Gasteiger partial charge on any atom is -0.383 e. The van der Waals surface area contributed by atoms with Crippen LogP contribution in [0.15, 0.2) is 34.9 Å². The Morgan fingerprint density at radius 3 is 3.14 bits per heavy atom. The van der Waals surface area contributed by atoms with E-state index in [1.165, 1.54) is 16.8 Å². The first-order valence-electron chi connectivity index (χ1n) is 7.27. The van der Waals surface area contributed by atoms with E-state index in [1.54, 1.807) is 7.11 Å². The van der Waals surface area contributed by atoms with Crippen molar-refractivity contribution in [2.24, 2.45) is 0 Å². The fraction of sp³-hybridized carbons (Fsp3) is 0.438. The minimum absolute atomic E-state index is 0.490. The third-order valence-electron chi connectivity index (χ3n) is 4.05. The van der Waals surface area contributed by atoms with Crippen molar-refractivity contribution >= 4 is 15.9 Å². The summed E-state index contributed by atoms with van der Waals surface area (Å²) in [5.74, 6) is 0.490. The van der Waals surface area contributed by atoms with Gasteiger partial charge in [0.15, 0.2) is 0 Å². The third-order valence-corrected chi connectivity index (χ3v) is 4.71. The molecule has 1 aromatic carbocycles. The van der Waals surface area contributed by atoms with Crippen molar-refractivity contribution in [2.75, 3.05) is 20.3 Å². The van der Waals surface area contributed by atoms with Gasteiger partial charge in [-0.05, 0) is 33.5 Å². The van der Waals surface area contributed by atoms with Gasteiger partial charge in [0.1, 0.15) is 0 Å². The summed E-state index contributed by atoms with van der Waals surface area (Å²) in [7, 11) is 1.72. The molecule has 5 heteroatoms. The molecule has 1 aromatic heterocycles. The van der Waals surface area contributed by atoms with E-state index in [0.717, 1.165) is 30.5 Å². The summed E-state index contributed by atoms with van der Waals surface area (Å²) in [5, 5.41) is 7.96. The van der Waals surface area contributed by atoms with Crippen molar-refractivity contribution in [1.29, 1.82) is 0 Å². The molecular weight excluding hydrogens is 330 g/mol. The van der Waals surface area contributed by atoms with Gasteiger partial charge in [-0.2, -0.15) is 5.10 Å². The van der Waals surface area contributed by atoms with Gasteiger partial charge in [-0.15, -0.1) is 0 Å². The van der Waals surface area contributed by atoms with Crippen LogP contribution in [-0.2, 0) is 24.2 Å². The molecule has 0 spiro atoms. The number of aromatic nitrogens is 2. The number of fused-ring (bicyclic) bond motifs is 1. The van der Waals surface area contributed by atoms with Crippen LogP contribution in [0.4, 0.5) is 0 Å². The van der Waals surface area contributed by atoms with Crippen LogP contribution in [0.25, 0.3) is 0 Å². The van der Waals surface area contributed by atoms with Crippen molar-refractivity contribution in [3.05, 3.63) is 51.8 Å². The summed E-state index contributed by atoms with van der Waals surface area (Å²) < 4.78 is 8.30. The summed E-state index contributed by atoms with van der Waals surface area (Å²) in [4.78, 5) is 0. The minimum atomic E-state index is 0.490. The van der Waals surface area contributed by atoms with Crippen LogP contribution < -0.4 is 5.32 Å². The zero-order valence-corrected chi connectivity index (χ0v) is 13.8. The molecule has 0 saturated heterocycles. The van der Waals surface area contributed by atoms with Gasteiger partial charge in [-0.3, -0.25) is 4.68 Å². The Bertz CT molecular complexity index is 611. The van der Waals surface area contributed by atoms with E-state index < -0.39 is 0 Å². The molecule has 1 N–H and O–H groups in total. The maximum absolute atomic E-state index is 5.17. The van der Waals surface area contributed by atoms with Crippen LogP contribution in [0.2, 0.25) is 0 Å². The molecule has 1 atom stereocenters.